The van der Waals surface area contributed by atoms with Gasteiger partial charge in [0.05, 0.1) is 7.11 Å². The van der Waals surface area contributed by atoms with Gasteiger partial charge in [0.25, 0.3) is 5.91 Å². The molecule has 1 heterocycles. The van der Waals surface area contributed by atoms with Crippen LogP contribution in [0.1, 0.15) is 18.1 Å². The number of hydrogen-bond acceptors (Lipinski definition) is 6. The maximum Gasteiger partial charge on any atom is 0.336 e. The quantitative estimate of drug-likeness (QED) is 0.476. The molecule has 2 aromatic carbocycles. The molecule has 156 valence electrons. The molecule has 2 atom stereocenters. The Morgan fingerprint density at radius 3 is 2.53 bits per heavy atom. The summed E-state index contributed by atoms with van der Waals surface area (Å²) >= 11 is 0. The van der Waals surface area contributed by atoms with Gasteiger partial charge in [-0.15, -0.1) is 0 Å². The van der Waals surface area contributed by atoms with Crippen LogP contribution in [0.4, 0.5) is 0 Å². The van der Waals surface area contributed by atoms with Crippen molar-refractivity contribution in [2.45, 2.75) is 32.4 Å². The number of ether oxygens (including phenoxy) is 2. The van der Waals surface area contributed by atoms with E-state index in [4.69, 9.17) is 13.9 Å². The molecule has 3 aromatic rings. The first-order chi connectivity index (χ1) is 14.4. The van der Waals surface area contributed by atoms with Crippen LogP contribution in [-0.4, -0.2) is 31.1 Å². The van der Waals surface area contributed by atoms with Gasteiger partial charge in [0.15, 0.2) is 6.10 Å². The SMILES string of the molecule is COC(=O)[C@@H](Cc1ccccc1)NC(=O)[C@@H](C)Oc1ccc2c(C)cc(=O)oc2c1. The molecule has 1 amide bonds. The molecule has 7 nitrogen and oxygen atoms in total. The van der Waals surface area contributed by atoms with Crippen molar-refractivity contribution in [2.75, 3.05) is 7.11 Å². The zero-order chi connectivity index (χ0) is 21.7. The summed E-state index contributed by atoms with van der Waals surface area (Å²) in [5.41, 5.74) is 1.61. The second-order valence-corrected chi connectivity index (χ2v) is 6.94. The topological polar surface area (TPSA) is 94.8 Å². The molecule has 1 N–H and O–H groups in total. The summed E-state index contributed by atoms with van der Waals surface area (Å²) in [7, 11) is 1.28. The molecular weight excluding hydrogens is 386 g/mol. The molecule has 0 saturated heterocycles. The van der Waals surface area contributed by atoms with Gasteiger partial charge in [0.1, 0.15) is 17.4 Å². The lowest BCUT2D eigenvalue weighted by Gasteiger charge is -2.20. The molecule has 0 saturated carbocycles. The lowest BCUT2D eigenvalue weighted by molar-refractivity contribution is -0.145. The van der Waals surface area contributed by atoms with Crippen LogP contribution in [0.15, 0.2) is 63.8 Å². The van der Waals surface area contributed by atoms with Crippen molar-refractivity contribution >= 4 is 22.8 Å². The molecule has 0 spiro atoms. The van der Waals surface area contributed by atoms with Gasteiger partial charge < -0.3 is 19.2 Å². The number of amides is 1. The minimum atomic E-state index is -0.887. The fourth-order valence-corrected chi connectivity index (χ4v) is 3.11. The van der Waals surface area contributed by atoms with Gasteiger partial charge >= 0.3 is 11.6 Å². The highest BCUT2D eigenvalue weighted by atomic mass is 16.5. The van der Waals surface area contributed by atoms with Crippen LogP contribution < -0.4 is 15.7 Å². The van der Waals surface area contributed by atoms with Crippen molar-refractivity contribution in [3.8, 4) is 5.75 Å². The van der Waals surface area contributed by atoms with E-state index in [9.17, 15) is 14.4 Å². The number of aryl methyl sites for hydroxylation is 1. The first-order valence-corrected chi connectivity index (χ1v) is 9.50. The highest BCUT2D eigenvalue weighted by Crippen LogP contribution is 2.23. The average molecular weight is 409 g/mol. The van der Waals surface area contributed by atoms with E-state index in [1.54, 1.807) is 25.1 Å². The number of rotatable bonds is 7. The predicted octanol–water partition coefficient (Wildman–Crippen LogP) is 2.77. The summed E-state index contributed by atoms with van der Waals surface area (Å²) in [5, 5.41) is 3.46. The monoisotopic (exact) mass is 409 g/mol. The van der Waals surface area contributed by atoms with Crippen molar-refractivity contribution in [1.29, 1.82) is 0 Å². The molecule has 0 fully saturated rings. The molecule has 0 bridgehead atoms. The van der Waals surface area contributed by atoms with Gasteiger partial charge in [-0.25, -0.2) is 9.59 Å². The zero-order valence-electron chi connectivity index (χ0n) is 17.0. The number of methoxy groups -OCH3 is 1. The summed E-state index contributed by atoms with van der Waals surface area (Å²) in [4.78, 5) is 36.3. The smallest absolute Gasteiger partial charge is 0.336 e. The summed E-state index contributed by atoms with van der Waals surface area (Å²) in [6.45, 7) is 3.39. The summed E-state index contributed by atoms with van der Waals surface area (Å²) in [6.07, 6.45) is -0.589. The normalized spacial score (nSPS) is 12.8. The van der Waals surface area contributed by atoms with Crippen LogP contribution in [-0.2, 0) is 20.7 Å². The third kappa shape index (κ3) is 5.05. The second-order valence-electron chi connectivity index (χ2n) is 6.94. The fraction of sp³-hybridized carbons (Fsp3) is 0.261. The predicted molar refractivity (Wildman–Crippen MR) is 111 cm³/mol. The van der Waals surface area contributed by atoms with E-state index in [1.165, 1.54) is 13.2 Å². The third-order valence-electron chi connectivity index (χ3n) is 4.69. The number of carbonyl (C=O) groups excluding carboxylic acids is 2. The Labute approximate surface area is 173 Å². The zero-order valence-corrected chi connectivity index (χ0v) is 17.0. The molecule has 0 aliphatic carbocycles. The summed E-state index contributed by atoms with van der Waals surface area (Å²) < 4.78 is 15.7. The number of carbonyl (C=O) groups is 2. The molecular formula is C23H23NO6. The van der Waals surface area contributed by atoms with E-state index in [1.807, 2.05) is 37.3 Å². The summed E-state index contributed by atoms with van der Waals surface area (Å²) in [6, 6.07) is 14.9. The first kappa shape index (κ1) is 21.1. The minimum Gasteiger partial charge on any atom is -0.481 e. The van der Waals surface area contributed by atoms with Gasteiger partial charge in [0.2, 0.25) is 0 Å². The van der Waals surface area contributed by atoms with Crippen LogP contribution in [0.3, 0.4) is 0 Å². The van der Waals surface area contributed by atoms with Gasteiger partial charge in [-0.1, -0.05) is 30.3 Å². The molecule has 7 heteroatoms. The third-order valence-corrected chi connectivity index (χ3v) is 4.69. The Bertz CT molecular complexity index is 1110. The number of esters is 1. The van der Waals surface area contributed by atoms with E-state index in [-0.39, 0.29) is 0 Å². The van der Waals surface area contributed by atoms with E-state index in [2.05, 4.69) is 5.32 Å². The van der Waals surface area contributed by atoms with Gasteiger partial charge in [-0.05, 0) is 37.1 Å². The fourth-order valence-electron chi connectivity index (χ4n) is 3.11. The van der Waals surface area contributed by atoms with Crippen LogP contribution in [0, 0.1) is 6.92 Å². The average Bonchev–Trinajstić information content (AvgIpc) is 2.72. The highest BCUT2D eigenvalue weighted by molar-refractivity contribution is 5.87. The van der Waals surface area contributed by atoms with Crippen LogP contribution in [0.2, 0.25) is 0 Å². The number of hydrogen-bond donors (Lipinski definition) is 1. The molecule has 30 heavy (non-hydrogen) atoms. The molecule has 0 aliphatic rings. The van der Waals surface area contributed by atoms with Crippen molar-refractivity contribution in [1.82, 2.24) is 5.32 Å². The lowest BCUT2D eigenvalue weighted by Crippen LogP contribution is -2.47. The molecule has 0 radical (unpaired) electrons. The Hall–Kier alpha value is -3.61. The van der Waals surface area contributed by atoms with Gasteiger partial charge in [-0.3, -0.25) is 4.79 Å². The molecule has 0 aliphatic heterocycles. The highest BCUT2D eigenvalue weighted by Gasteiger charge is 2.25. The van der Waals surface area contributed by atoms with Crippen LogP contribution in [0.5, 0.6) is 5.75 Å². The van der Waals surface area contributed by atoms with Crippen molar-refractivity contribution in [3.63, 3.8) is 0 Å². The van der Waals surface area contributed by atoms with Crippen molar-refractivity contribution < 1.29 is 23.5 Å². The second kappa shape index (κ2) is 9.26. The van der Waals surface area contributed by atoms with Gasteiger partial charge in [0, 0.05) is 23.9 Å². The van der Waals surface area contributed by atoms with E-state index in [0.29, 0.717) is 17.8 Å². The first-order valence-electron chi connectivity index (χ1n) is 9.50. The van der Waals surface area contributed by atoms with E-state index >= 15 is 0 Å². The number of benzene rings is 2. The standard InChI is InChI=1S/C23H23NO6/c1-14-11-21(25)30-20-13-17(9-10-18(14)20)29-15(2)22(26)24-19(23(27)28-3)12-16-7-5-4-6-8-16/h4-11,13,15,19H,12H2,1-3H3,(H,24,26)/t15-,19-/m1/s1. The van der Waals surface area contributed by atoms with Crippen LogP contribution in [0.25, 0.3) is 11.0 Å². The van der Waals surface area contributed by atoms with Crippen molar-refractivity contribution in [3.05, 3.63) is 76.1 Å². The molecule has 1 aromatic heterocycles. The van der Waals surface area contributed by atoms with Crippen LogP contribution >= 0.6 is 0 Å². The maximum absolute atomic E-state index is 12.6. The number of nitrogens with one attached hydrogen (secondary N) is 1. The summed E-state index contributed by atoms with van der Waals surface area (Å²) in [5.74, 6) is -0.633. The van der Waals surface area contributed by atoms with E-state index < -0.39 is 29.6 Å². The maximum atomic E-state index is 12.6. The largest absolute Gasteiger partial charge is 0.481 e. The lowest BCUT2D eigenvalue weighted by atomic mass is 10.1. The van der Waals surface area contributed by atoms with E-state index in [0.717, 1.165) is 16.5 Å². The van der Waals surface area contributed by atoms with Gasteiger partial charge in [-0.2, -0.15) is 0 Å². The molecule has 3 rings (SSSR count). The Morgan fingerprint density at radius 2 is 1.83 bits per heavy atom. The van der Waals surface area contributed by atoms with Crippen molar-refractivity contribution in [2.24, 2.45) is 0 Å². The Kier molecular flexibility index (Phi) is 6.51. The Morgan fingerprint density at radius 1 is 1.10 bits per heavy atom. The minimum absolute atomic E-state index is 0.298. The number of fused-ring (bicyclic) bond motifs is 1. The Balaban J connectivity index is 1.71. The molecule has 0 unspecified atom stereocenters.